The molecule has 1 aromatic heterocycles. The number of hydrogen-bond acceptors (Lipinski definition) is 6. The van der Waals surface area contributed by atoms with Crippen LogP contribution in [0.3, 0.4) is 0 Å². The lowest BCUT2D eigenvalue weighted by molar-refractivity contribution is 0.137. The molecular weight excluding hydrogens is 427 g/mol. The molecule has 34 heavy (non-hydrogen) atoms. The molecule has 1 aliphatic heterocycles. The van der Waals surface area contributed by atoms with Gasteiger partial charge in [-0.2, -0.15) is 0 Å². The van der Waals surface area contributed by atoms with Crippen molar-refractivity contribution >= 4 is 28.5 Å². The van der Waals surface area contributed by atoms with Crippen LogP contribution in [0.1, 0.15) is 37.9 Å². The summed E-state index contributed by atoms with van der Waals surface area (Å²) in [6.45, 7) is 12.9. The van der Waals surface area contributed by atoms with Crippen LogP contribution in [0.25, 0.3) is 17.0 Å². The highest BCUT2D eigenvalue weighted by atomic mass is 19.1. The average molecular weight is 463 g/mol. The van der Waals surface area contributed by atoms with Gasteiger partial charge in [-0.25, -0.2) is 14.4 Å². The monoisotopic (exact) mass is 462 g/mol. The lowest BCUT2D eigenvalue weighted by Crippen LogP contribution is -2.48. The number of nitrogens with one attached hydrogen (secondary N) is 2. The third kappa shape index (κ3) is 5.60. The van der Waals surface area contributed by atoms with E-state index in [-0.39, 0.29) is 11.9 Å². The molecule has 1 atom stereocenters. The molecule has 2 N–H and O–H groups in total. The van der Waals surface area contributed by atoms with Crippen molar-refractivity contribution < 1.29 is 4.39 Å². The number of anilines is 2. The summed E-state index contributed by atoms with van der Waals surface area (Å²) < 4.78 is 15.5. The van der Waals surface area contributed by atoms with Crippen LogP contribution < -0.4 is 10.6 Å². The Bertz CT molecular complexity index is 1110. The van der Waals surface area contributed by atoms with Crippen molar-refractivity contribution in [2.24, 2.45) is 0 Å². The van der Waals surface area contributed by atoms with Gasteiger partial charge in [0.25, 0.3) is 0 Å². The van der Waals surface area contributed by atoms with Gasteiger partial charge in [-0.05, 0) is 49.8 Å². The van der Waals surface area contributed by atoms with Crippen LogP contribution in [0.5, 0.6) is 0 Å². The molecule has 180 valence electrons. The van der Waals surface area contributed by atoms with E-state index < -0.39 is 0 Å². The summed E-state index contributed by atoms with van der Waals surface area (Å²) in [6, 6.07) is 11.5. The highest BCUT2D eigenvalue weighted by Crippen LogP contribution is 2.31. The molecule has 0 bridgehead atoms. The molecule has 0 saturated carbocycles. The summed E-state index contributed by atoms with van der Waals surface area (Å²) in [4.78, 5) is 13.7. The van der Waals surface area contributed by atoms with Gasteiger partial charge in [0.1, 0.15) is 18.0 Å². The average Bonchev–Trinajstić information content (AvgIpc) is 2.86. The quantitative estimate of drug-likeness (QED) is 0.475. The largest absolute Gasteiger partial charge is 0.340 e. The predicted octanol–water partition coefficient (Wildman–Crippen LogP) is 4.83. The maximum absolute atomic E-state index is 15.5. The van der Waals surface area contributed by atoms with Gasteiger partial charge in [0.15, 0.2) is 0 Å². The minimum atomic E-state index is -0.213. The van der Waals surface area contributed by atoms with Gasteiger partial charge >= 0.3 is 0 Å². The normalized spacial score (nSPS) is 17.1. The first-order valence-corrected chi connectivity index (χ1v) is 12.2. The van der Waals surface area contributed by atoms with Gasteiger partial charge in [-0.1, -0.05) is 38.1 Å². The summed E-state index contributed by atoms with van der Waals surface area (Å²) >= 11 is 0. The van der Waals surface area contributed by atoms with E-state index in [1.54, 1.807) is 6.07 Å². The first kappa shape index (κ1) is 24.3. The minimum absolute atomic E-state index is 0.0146. The zero-order valence-corrected chi connectivity index (χ0v) is 20.4. The molecule has 2 heterocycles. The van der Waals surface area contributed by atoms with Crippen molar-refractivity contribution in [1.29, 1.82) is 0 Å². The molecule has 0 aliphatic carbocycles. The smallest absolute Gasteiger partial charge is 0.141 e. The number of rotatable bonds is 9. The van der Waals surface area contributed by atoms with E-state index >= 15 is 4.39 Å². The molecule has 1 fully saturated rings. The van der Waals surface area contributed by atoms with Gasteiger partial charge in [-0.15, -0.1) is 0 Å². The van der Waals surface area contributed by atoms with Gasteiger partial charge in [0.2, 0.25) is 0 Å². The number of likely N-dealkylation sites (N-methyl/N-ethyl adjacent to an activating group) is 1. The van der Waals surface area contributed by atoms with E-state index in [1.807, 2.05) is 49.4 Å². The Morgan fingerprint density at radius 2 is 1.97 bits per heavy atom. The number of benzene rings is 2. The van der Waals surface area contributed by atoms with E-state index in [1.165, 1.54) is 6.33 Å². The summed E-state index contributed by atoms with van der Waals surface area (Å²) in [5, 5.41) is 7.45. The zero-order chi connectivity index (χ0) is 23.9. The SMILES string of the molecule is C/C=C/c1ccc(Nc2ncnc3cc(C4CNCCN4CCN(CC)CC)c(F)cc23)cc1. The van der Waals surface area contributed by atoms with Crippen molar-refractivity contribution in [3.8, 4) is 0 Å². The van der Waals surface area contributed by atoms with E-state index in [0.717, 1.165) is 62.6 Å². The Labute approximate surface area is 201 Å². The predicted molar refractivity (Wildman–Crippen MR) is 139 cm³/mol. The van der Waals surface area contributed by atoms with Crippen LogP contribution in [-0.2, 0) is 0 Å². The van der Waals surface area contributed by atoms with Crippen LogP contribution in [0.15, 0.2) is 48.8 Å². The highest BCUT2D eigenvalue weighted by molar-refractivity contribution is 5.91. The Kier molecular flexibility index (Phi) is 8.21. The van der Waals surface area contributed by atoms with Gasteiger partial charge < -0.3 is 15.5 Å². The van der Waals surface area contributed by atoms with Gasteiger partial charge in [0.05, 0.1) is 11.6 Å². The van der Waals surface area contributed by atoms with E-state index in [0.29, 0.717) is 16.8 Å². The van der Waals surface area contributed by atoms with Crippen molar-refractivity contribution in [3.05, 3.63) is 65.7 Å². The molecule has 0 amide bonds. The fraction of sp³-hybridized carbons (Fsp3) is 0.407. The van der Waals surface area contributed by atoms with Crippen molar-refractivity contribution in [3.63, 3.8) is 0 Å². The number of fused-ring (bicyclic) bond motifs is 1. The number of allylic oxidation sites excluding steroid dienone is 1. The molecule has 4 rings (SSSR count). The summed E-state index contributed by atoms with van der Waals surface area (Å²) in [5.74, 6) is 0.393. The van der Waals surface area contributed by atoms with Gasteiger partial charge in [0, 0.05) is 49.4 Å². The van der Waals surface area contributed by atoms with Crippen LogP contribution in [0, 0.1) is 5.82 Å². The lowest BCUT2D eigenvalue weighted by Gasteiger charge is -2.37. The second-order valence-electron chi connectivity index (χ2n) is 8.64. The number of nitrogens with zero attached hydrogens (tertiary/aromatic N) is 4. The fourth-order valence-corrected chi connectivity index (χ4v) is 4.58. The maximum Gasteiger partial charge on any atom is 0.141 e. The lowest BCUT2D eigenvalue weighted by atomic mass is 10.0. The van der Waals surface area contributed by atoms with Crippen LogP contribution in [-0.4, -0.2) is 65.6 Å². The molecule has 7 heteroatoms. The summed E-state index contributed by atoms with van der Waals surface area (Å²) in [7, 11) is 0. The third-order valence-corrected chi connectivity index (χ3v) is 6.60. The summed E-state index contributed by atoms with van der Waals surface area (Å²) in [5.41, 5.74) is 3.47. The first-order valence-electron chi connectivity index (χ1n) is 12.2. The Hall–Kier alpha value is -2.87. The molecule has 0 radical (unpaired) electrons. The van der Waals surface area contributed by atoms with Crippen molar-refractivity contribution in [2.45, 2.75) is 26.8 Å². The van der Waals surface area contributed by atoms with Crippen molar-refractivity contribution in [2.75, 3.05) is 51.1 Å². The number of piperazine rings is 1. The van der Waals surface area contributed by atoms with E-state index in [9.17, 15) is 0 Å². The topological polar surface area (TPSA) is 56.3 Å². The van der Waals surface area contributed by atoms with E-state index in [2.05, 4.69) is 44.2 Å². The zero-order valence-electron chi connectivity index (χ0n) is 20.4. The Morgan fingerprint density at radius 3 is 2.71 bits per heavy atom. The molecular formula is C27H35FN6. The van der Waals surface area contributed by atoms with Crippen LogP contribution in [0.2, 0.25) is 0 Å². The molecule has 3 aromatic rings. The Balaban J connectivity index is 1.59. The second-order valence-corrected chi connectivity index (χ2v) is 8.64. The molecule has 1 unspecified atom stereocenters. The molecule has 1 saturated heterocycles. The molecule has 1 aliphatic rings. The minimum Gasteiger partial charge on any atom is -0.340 e. The third-order valence-electron chi connectivity index (χ3n) is 6.60. The van der Waals surface area contributed by atoms with Gasteiger partial charge in [-0.3, -0.25) is 4.90 Å². The van der Waals surface area contributed by atoms with Crippen LogP contribution in [0.4, 0.5) is 15.9 Å². The highest BCUT2D eigenvalue weighted by Gasteiger charge is 2.27. The molecule has 0 spiro atoms. The number of hydrogen-bond donors (Lipinski definition) is 2. The first-order chi connectivity index (χ1) is 16.6. The molecule has 6 nitrogen and oxygen atoms in total. The van der Waals surface area contributed by atoms with E-state index in [4.69, 9.17) is 0 Å². The van der Waals surface area contributed by atoms with Crippen molar-refractivity contribution in [1.82, 2.24) is 25.1 Å². The number of halogens is 1. The Morgan fingerprint density at radius 1 is 1.18 bits per heavy atom. The second kappa shape index (κ2) is 11.5. The summed E-state index contributed by atoms with van der Waals surface area (Å²) in [6.07, 6.45) is 5.59. The maximum atomic E-state index is 15.5. The molecule has 2 aromatic carbocycles. The van der Waals surface area contributed by atoms with Crippen LogP contribution >= 0.6 is 0 Å². The standard InChI is InChI=1S/C27H35FN6/c1-4-7-20-8-10-21(11-9-20)32-27-23-16-24(28)22(17-25(23)30-19-31-27)26-18-29-12-13-34(26)15-14-33(5-2)6-3/h4,7-11,16-17,19,26,29H,5-6,12-15,18H2,1-3H3,(H,30,31,32)/b7-4+. The number of aromatic nitrogens is 2. The fourth-order valence-electron chi connectivity index (χ4n) is 4.58.